The molecule has 0 aliphatic carbocycles. The minimum atomic E-state index is -1.62. The van der Waals surface area contributed by atoms with Gasteiger partial charge in [-0.2, -0.15) is 0 Å². The van der Waals surface area contributed by atoms with Crippen molar-refractivity contribution in [1.29, 1.82) is 0 Å². The van der Waals surface area contributed by atoms with Gasteiger partial charge < -0.3 is 42.1 Å². The Morgan fingerprint density at radius 3 is 1.97 bits per heavy atom. The lowest BCUT2D eigenvalue weighted by Crippen LogP contribution is -2.58. The Morgan fingerprint density at radius 1 is 0.906 bits per heavy atom. The molecule has 4 unspecified atom stereocenters. The third kappa shape index (κ3) is 8.97. The Hall–Kier alpha value is -3.71. The normalized spacial score (nSPS) is 14.3. The van der Waals surface area contributed by atoms with Crippen molar-refractivity contribution in [2.75, 3.05) is 6.54 Å². The molecule has 176 valence electrons. The summed E-state index contributed by atoms with van der Waals surface area (Å²) in [6.45, 7) is 0.483. The predicted octanol–water partition coefficient (Wildman–Crippen LogP) is -2.71. The van der Waals surface area contributed by atoms with E-state index < -0.39 is 66.9 Å². The molecule has 0 fully saturated rings. The summed E-state index contributed by atoms with van der Waals surface area (Å²) >= 11 is 0. The molecule has 0 aliphatic heterocycles. The maximum atomic E-state index is 12.8. The lowest BCUT2D eigenvalue weighted by molar-refractivity contribution is -0.141. The zero-order valence-corrected chi connectivity index (χ0v) is 17.1. The van der Waals surface area contributed by atoms with Crippen molar-refractivity contribution < 1.29 is 44.4 Å². The molecule has 4 atom stereocenters. The number of benzene rings is 1. The molecule has 1 aromatic carbocycles. The van der Waals surface area contributed by atoms with Crippen LogP contribution in [0.5, 0.6) is 5.75 Å². The average Bonchev–Trinajstić information content (AvgIpc) is 2.71. The van der Waals surface area contributed by atoms with Crippen LogP contribution < -0.4 is 21.7 Å². The number of phenolic OH excluding ortho intramolecular Hbond substituents is 1. The van der Waals surface area contributed by atoms with Gasteiger partial charge >= 0.3 is 11.9 Å². The van der Waals surface area contributed by atoms with E-state index in [1.807, 2.05) is 5.32 Å². The first kappa shape index (κ1) is 26.3. The minimum absolute atomic E-state index is 0.0356. The van der Waals surface area contributed by atoms with Crippen LogP contribution in [0.1, 0.15) is 18.9 Å². The second kappa shape index (κ2) is 12.2. The number of hydrogen-bond acceptors (Lipinski definition) is 8. The zero-order chi connectivity index (χ0) is 24.4. The SMILES string of the molecule is CC(O)C(N)C(=O)NC(Cc1ccc(O)cc1)C(=O)NC(CC(=O)O)C(=O)NCC(=O)O. The maximum Gasteiger partial charge on any atom is 0.322 e. The number of nitrogens with one attached hydrogen (secondary N) is 3. The van der Waals surface area contributed by atoms with Crippen molar-refractivity contribution in [3.8, 4) is 5.75 Å². The number of amides is 3. The van der Waals surface area contributed by atoms with Crippen LogP contribution in [-0.2, 0) is 30.4 Å². The Labute approximate surface area is 182 Å². The van der Waals surface area contributed by atoms with Crippen molar-refractivity contribution >= 4 is 29.7 Å². The fraction of sp³-hybridized carbons (Fsp3) is 0.421. The second-order valence-corrected chi connectivity index (χ2v) is 6.97. The summed E-state index contributed by atoms with van der Waals surface area (Å²) < 4.78 is 0. The fourth-order valence-electron chi connectivity index (χ4n) is 2.51. The highest BCUT2D eigenvalue weighted by Gasteiger charge is 2.30. The van der Waals surface area contributed by atoms with Gasteiger partial charge in [-0.05, 0) is 24.6 Å². The molecule has 0 heterocycles. The lowest BCUT2D eigenvalue weighted by atomic mass is 10.0. The van der Waals surface area contributed by atoms with E-state index in [1.54, 1.807) is 0 Å². The van der Waals surface area contributed by atoms with Crippen molar-refractivity contribution in [2.24, 2.45) is 5.73 Å². The Morgan fingerprint density at radius 2 is 1.47 bits per heavy atom. The number of nitrogens with two attached hydrogens (primary N) is 1. The number of carbonyl (C=O) groups is 5. The highest BCUT2D eigenvalue weighted by molar-refractivity contribution is 5.95. The van der Waals surface area contributed by atoms with Gasteiger partial charge in [-0.15, -0.1) is 0 Å². The van der Waals surface area contributed by atoms with Crippen molar-refractivity contribution in [3.63, 3.8) is 0 Å². The summed E-state index contributed by atoms with van der Waals surface area (Å²) in [6, 6.07) is 1.33. The molecule has 1 rings (SSSR count). The van der Waals surface area contributed by atoms with Crippen LogP contribution in [0.2, 0.25) is 0 Å². The Kier molecular flexibility index (Phi) is 10.1. The van der Waals surface area contributed by atoms with Crippen LogP contribution in [0.3, 0.4) is 0 Å². The molecule has 0 saturated heterocycles. The van der Waals surface area contributed by atoms with Gasteiger partial charge in [-0.3, -0.25) is 24.0 Å². The van der Waals surface area contributed by atoms with Crippen LogP contribution in [-0.4, -0.2) is 80.9 Å². The molecular weight excluding hydrogens is 428 g/mol. The van der Waals surface area contributed by atoms with Gasteiger partial charge in [0, 0.05) is 6.42 Å². The molecule has 1 aromatic rings. The smallest absolute Gasteiger partial charge is 0.322 e. The molecule has 0 aliphatic rings. The van der Waals surface area contributed by atoms with Gasteiger partial charge in [0.15, 0.2) is 0 Å². The van der Waals surface area contributed by atoms with E-state index >= 15 is 0 Å². The van der Waals surface area contributed by atoms with E-state index in [4.69, 9.17) is 15.9 Å². The first-order valence-corrected chi connectivity index (χ1v) is 9.44. The van der Waals surface area contributed by atoms with E-state index in [-0.39, 0.29) is 12.2 Å². The van der Waals surface area contributed by atoms with Crippen molar-refractivity contribution in [2.45, 2.75) is 44.0 Å². The number of aromatic hydroxyl groups is 1. The topological polar surface area (TPSA) is 228 Å². The molecule has 0 spiro atoms. The first-order chi connectivity index (χ1) is 14.9. The molecule has 13 heteroatoms. The number of aliphatic hydroxyl groups is 1. The van der Waals surface area contributed by atoms with Gasteiger partial charge in [0.25, 0.3) is 0 Å². The number of rotatable bonds is 12. The average molecular weight is 454 g/mol. The van der Waals surface area contributed by atoms with E-state index in [0.29, 0.717) is 5.56 Å². The number of carbonyl (C=O) groups excluding carboxylic acids is 3. The summed E-state index contributed by atoms with van der Waals surface area (Å²) in [7, 11) is 0. The summed E-state index contributed by atoms with van der Waals surface area (Å²) in [5.41, 5.74) is 6.08. The second-order valence-electron chi connectivity index (χ2n) is 6.97. The van der Waals surface area contributed by atoms with Gasteiger partial charge in [0.1, 0.15) is 30.4 Å². The third-order valence-electron chi connectivity index (χ3n) is 4.26. The molecule has 0 saturated carbocycles. The van der Waals surface area contributed by atoms with E-state index in [9.17, 15) is 34.2 Å². The highest BCUT2D eigenvalue weighted by atomic mass is 16.4. The van der Waals surface area contributed by atoms with Gasteiger partial charge in [-0.25, -0.2) is 0 Å². The van der Waals surface area contributed by atoms with Crippen molar-refractivity contribution in [1.82, 2.24) is 16.0 Å². The molecule has 0 radical (unpaired) electrons. The zero-order valence-electron chi connectivity index (χ0n) is 17.1. The largest absolute Gasteiger partial charge is 0.508 e. The minimum Gasteiger partial charge on any atom is -0.508 e. The quantitative estimate of drug-likeness (QED) is 0.163. The summed E-state index contributed by atoms with van der Waals surface area (Å²) in [5, 5.41) is 43.1. The number of carboxylic acid groups (broad SMARTS) is 2. The standard InChI is InChI=1S/C19H26N4O9/c1-9(24)16(20)19(32)23-12(6-10-2-4-11(25)5-3-10)18(31)22-13(7-14(26)27)17(30)21-8-15(28)29/h2-5,9,12-13,16,24-25H,6-8,20H2,1H3,(H,21,30)(H,22,31)(H,23,32)(H,26,27)(H,28,29). The number of hydrogen-bond donors (Lipinski definition) is 8. The summed E-state index contributed by atoms with van der Waals surface area (Å²) in [5.74, 6) is -5.70. The lowest BCUT2D eigenvalue weighted by Gasteiger charge is -2.24. The highest BCUT2D eigenvalue weighted by Crippen LogP contribution is 2.12. The van der Waals surface area contributed by atoms with Crippen LogP contribution in [0.15, 0.2) is 24.3 Å². The Balaban J connectivity index is 3.06. The number of aliphatic carboxylic acids is 2. The fourth-order valence-corrected chi connectivity index (χ4v) is 2.51. The van der Waals surface area contributed by atoms with Crippen LogP contribution in [0, 0.1) is 0 Å². The third-order valence-corrected chi connectivity index (χ3v) is 4.26. The van der Waals surface area contributed by atoms with Crippen LogP contribution in [0.4, 0.5) is 0 Å². The predicted molar refractivity (Wildman–Crippen MR) is 108 cm³/mol. The molecule has 32 heavy (non-hydrogen) atoms. The molecule has 13 nitrogen and oxygen atoms in total. The molecule has 0 bridgehead atoms. The van der Waals surface area contributed by atoms with E-state index in [2.05, 4.69) is 10.6 Å². The molecule has 9 N–H and O–H groups in total. The number of carboxylic acids is 2. The van der Waals surface area contributed by atoms with Crippen LogP contribution in [0.25, 0.3) is 0 Å². The maximum absolute atomic E-state index is 12.8. The monoisotopic (exact) mass is 454 g/mol. The van der Waals surface area contributed by atoms with E-state index in [1.165, 1.54) is 31.2 Å². The van der Waals surface area contributed by atoms with Crippen LogP contribution >= 0.6 is 0 Å². The summed E-state index contributed by atoms with van der Waals surface area (Å²) in [4.78, 5) is 58.9. The summed E-state index contributed by atoms with van der Waals surface area (Å²) in [6.07, 6.45) is -2.19. The first-order valence-electron chi connectivity index (χ1n) is 9.44. The number of phenols is 1. The van der Waals surface area contributed by atoms with Gasteiger partial charge in [-0.1, -0.05) is 12.1 Å². The molecule has 0 aromatic heterocycles. The number of aliphatic hydroxyl groups excluding tert-OH is 1. The van der Waals surface area contributed by atoms with Crippen molar-refractivity contribution in [3.05, 3.63) is 29.8 Å². The molecule has 3 amide bonds. The van der Waals surface area contributed by atoms with E-state index in [0.717, 1.165) is 0 Å². The van der Waals surface area contributed by atoms with Gasteiger partial charge in [0.2, 0.25) is 17.7 Å². The van der Waals surface area contributed by atoms with Gasteiger partial charge in [0.05, 0.1) is 12.5 Å². The molecular formula is C19H26N4O9. The Bertz CT molecular complexity index is 842.